The van der Waals surface area contributed by atoms with Crippen molar-refractivity contribution in [1.82, 2.24) is 0 Å². The predicted molar refractivity (Wildman–Crippen MR) is 85.6 cm³/mol. The zero-order valence-electron chi connectivity index (χ0n) is 14.3. The first kappa shape index (κ1) is 23.1. The molecule has 5 radical (unpaired) electrons. The average Bonchev–Trinajstić information content (AvgIpc) is 2.86. The second-order valence-electron chi connectivity index (χ2n) is 6.04. The van der Waals surface area contributed by atoms with Crippen molar-refractivity contribution < 1.29 is 37.0 Å². The molecule has 0 amide bonds. The summed E-state index contributed by atoms with van der Waals surface area (Å²) in [6, 6.07) is 7.09. The van der Waals surface area contributed by atoms with Crippen molar-refractivity contribution in [2.45, 2.75) is 53.2 Å². The van der Waals surface area contributed by atoms with Crippen molar-refractivity contribution >= 4 is 0 Å². The van der Waals surface area contributed by atoms with Crippen LogP contribution in [0, 0.1) is 29.6 Å². The van der Waals surface area contributed by atoms with E-state index in [-0.39, 0.29) is 31.9 Å². The molecule has 23 heavy (non-hydrogen) atoms. The molecule has 0 unspecified atom stereocenters. The molecule has 0 aromatic heterocycles. The Labute approximate surface area is 160 Å². The Balaban J connectivity index is 0.000000389. The molecular formula is C19H24ClNORh. The van der Waals surface area contributed by atoms with E-state index in [0.717, 1.165) is 11.1 Å². The Morgan fingerprint density at radius 1 is 0.870 bits per heavy atom. The van der Waals surface area contributed by atoms with Crippen LogP contribution in [0.5, 0.6) is 0 Å². The molecule has 1 saturated carbocycles. The normalized spacial score (nSPS) is 26.0. The van der Waals surface area contributed by atoms with E-state index in [1.165, 1.54) is 29.6 Å². The number of nitrogens with one attached hydrogen (secondary N) is 1. The van der Waals surface area contributed by atoms with Crippen LogP contribution in [0.4, 0.5) is 0 Å². The topological polar surface area (TPSA) is 46.9 Å². The third-order valence-electron chi connectivity index (χ3n) is 5.00. The molecule has 0 aliphatic heterocycles. The van der Waals surface area contributed by atoms with Crippen molar-refractivity contribution in [2.24, 2.45) is 0 Å². The first-order chi connectivity index (χ1) is 9.84. The number of hydrogen-bond donors (Lipinski definition) is 0. The van der Waals surface area contributed by atoms with E-state index >= 15 is 0 Å². The van der Waals surface area contributed by atoms with Crippen LogP contribution in [0.15, 0.2) is 24.3 Å². The average molecular weight is 421 g/mol. The summed E-state index contributed by atoms with van der Waals surface area (Å²) in [7, 11) is 0. The second kappa shape index (κ2) is 9.51. The first-order valence-corrected chi connectivity index (χ1v) is 7.49. The van der Waals surface area contributed by atoms with Gasteiger partial charge in [-0.2, -0.15) is 0 Å². The molecule has 4 heteroatoms. The van der Waals surface area contributed by atoms with Gasteiger partial charge in [0.2, 0.25) is 0 Å². The van der Waals surface area contributed by atoms with Crippen LogP contribution in [0.3, 0.4) is 0 Å². The minimum atomic E-state index is -0.743. The summed E-state index contributed by atoms with van der Waals surface area (Å²) in [5.74, 6) is 7.34. The van der Waals surface area contributed by atoms with Gasteiger partial charge in [-0.3, -0.25) is 0 Å². The van der Waals surface area contributed by atoms with Crippen molar-refractivity contribution in [3.8, 4) is 0 Å². The molecule has 2 aliphatic rings. The standard InChI is InChI=1S/C10H15.C9H9NO.ClH.Rh/c1-6-7(2)9(4)10(5)8(6)3;10-9-7-4-2-1-3-6(7)5-8(9)11;;/h1-5H3;1-4,8-10H,5H2;1H;/q;-2;;+3/p-1/t;8-,9+;;/m.1../s1. The van der Waals surface area contributed by atoms with E-state index in [4.69, 9.17) is 5.73 Å². The van der Waals surface area contributed by atoms with Crippen LogP contribution in [0.25, 0.3) is 5.73 Å². The Bertz CT molecular complexity index is 439. The fourth-order valence-corrected chi connectivity index (χ4v) is 2.96. The van der Waals surface area contributed by atoms with Gasteiger partial charge in [0.05, 0.1) is 0 Å². The van der Waals surface area contributed by atoms with Gasteiger partial charge in [-0.25, -0.2) is 0 Å². The van der Waals surface area contributed by atoms with Crippen molar-refractivity contribution in [1.29, 1.82) is 0 Å². The van der Waals surface area contributed by atoms with Gasteiger partial charge < -0.3 is 23.2 Å². The maximum atomic E-state index is 11.1. The molecule has 2 aliphatic carbocycles. The second-order valence-corrected chi connectivity index (χ2v) is 6.04. The number of halogens is 1. The zero-order chi connectivity index (χ0) is 15.7. The third-order valence-corrected chi connectivity index (χ3v) is 5.00. The number of rotatable bonds is 0. The molecule has 0 heterocycles. The molecule has 2 nitrogen and oxygen atoms in total. The molecule has 1 fully saturated rings. The predicted octanol–water partition coefficient (Wildman–Crippen LogP) is 1.04. The summed E-state index contributed by atoms with van der Waals surface area (Å²) >= 11 is 0. The maximum absolute atomic E-state index is 11.1. The number of fused-ring (bicyclic) bond motifs is 1. The minimum Gasteiger partial charge on any atom is -1.00 e. The van der Waals surface area contributed by atoms with E-state index in [2.05, 4.69) is 34.6 Å². The fourth-order valence-electron chi connectivity index (χ4n) is 2.96. The van der Waals surface area contributed by atoms with Crippen molar-refractivity contribution in [2.75, 3.05) is 0 Å². The number of hydrogen-bond acceptors (Lipinski definition) is 1. The summed E-state index contributed by atoms with van der Waals surface area (Å²) in [5, 5.41) is 11.1. The maximum Gasteiger partial charge on any atom is 3.00 e. The Morgan fingerprint density at radius 3 is 1.65 bits per heavy atom. The van der Waals surface area contributed by atoms with Gasteiger partial charge in [-0.15, -0.1) is 12.1 Å². The van der Waals surface area contributed by atoms with E-state index in [0.29, 0.717) is 6.42 Å². The minimum absolute atomic E-state index is 0. The van der Waals surface area contributed by atoms with E-state index in [9.17, 15) is 5.11 Å². The molecule has 3 rings (SSSR count). The Morgan fingerprint density at radius 2 is 1.26 bits per heavy atom. The molecule has 1 N–H and O–H groups in total. The van der Waals surface area contributed by atoms with Gasteiger partial charge >= 0.3 is 19.5 Å². The van der Waals surface area contributed by atoms with Crippen LogP contribution < -0.4 is 17.5 Å². The molecule has 1 aromatic carbocycles. The SMILES string of the molecule is C[C]1[C](C)[C](C)[C](C)[C]1C.[Cl-].[NH-][C@H]1c2ccccc2C[C@H]1[O-].[Rh+3]. The summed E-state index contributed by atoms with van der Waals surface area (Å²) in [6.45, 7) is 11.0. The first-order valence-electron chi connectivity index (χ1n) is 7.49. The monoisotopic (exact) mass is 420 g/mol. The molecular weight excluding hydrogens is 397 g/mol. The fraction of sp³-hybridized carbons (Fsp3) is 0.421. The van der Waals surface area contributed by atoms with Crippen molar-refractivity contribution in [3.05, 3.63) is 70.7 Å². The van der Waals surface area contributed by atoms with Crippen LogP contribution in [-0.4, -0.2) is 6.10 Å². The van der Waals surface area contributed by atoms with E-state index in [1.54, 1.807) is 0 Å². The zero-order valence-corrected chi connectivity index (χ0v) is 16.7. The van der Waals surface area contributed by atoms with E-state index in [1.807, 2.05) is 24.3 Å². The van der Waals surface area contributed by atoms with Gasteiger partial charge in [-0.05, 0) is 41.6 Å². The molecule has 2 atom stereocenters. The summed E-state index contributed by atoms with van der Waals surface area (Å²) < 4.78 is 0. The summed E-state index contributed by atoms with van der Waals surface area (Å²) in [4.78, 5) is 0. The van der Waals surface area contributed by atoms with Gasteiger partial charge in [0, 0.05) is 0 Å². The van der Waals surface area contributed by atoms with Crippen molar-refractivity contribution in [3.63, 3.8) is 0 Å². The van der Waals surface area contributed by atoms with Gasteiger partial charge in [0.1, 0.15) is 0 Å². The Hall–Kier alpha value is 0.0534. The molecule has 0 saturated heterocycles. The number of benzene rings is 1. The van der Waals surface area contributed by atoms with Gasteiger partial charge in [0.25, 0.3) is 0 Å². The quantitative estimate of drug-likeness (QED) is 0.579. The molecule has 1 aromatic rings. The molecule has 127 valence electrons. The van der Waals surface area contributed by atoms with Gasteiger partial charge in [0.15, 0.2) is 0 Å². The van der Waals surface area contributed by atoms with Gasteiger partial charge in [-0.1, -0.05) is 64.4 Å². The van der Waals surface area contributed by atoms with Crippen LogP contribution in [0.1, 0.15) is 51.8 Å². The van der Waals surface area contributed by atoms with E-state index < -0.39 is 12.1 Å². The van der Waals surface area contributed by atoms with Crippen LogP contribution in [-0.2, 0) is 25.9 Å². The third kappa shape index (κ3) is 4.78. The Kier molecular flexibility index (Phi) is 9.54. The largest absolute Gasteiger partial charge is 3.00 e. The smallest absolute Gasteiger partial charge is 1.00 e. The van der Waals surface area contributed by atoms with Crippen LogP contribution in [0.2, 0.25) is 0 Å². The summed E-state index contributed by atoms with van der Waals surface area (Å²) in [5.41, 5.74) is 9.49. The summed E-state index contributed by atoms with van der Waals surface area (Å²) in [6.07, 6.45) is -0.211. The molecule has 0 bridgehead atoms. The molecule has 0 spiro atoms. The van der Waals surface area contributed by atoms with Crippen LogP contribution >= 0.6 is 0 Å².